The molecular formula is C15H13BrClN5. The van der Waals surface area contributed by atoms with Crippen molar-refractivity contribution in [3.05, 3.63) is 69.2 Å². The van der Waals surface area contributed by atoms with Crippen LogP contribution in [-0.2, 0) is 0 Å². The zero-order valence-corrected chi connectivity index (χ0v) is 13.8. The second-order valence-corrected chi connectivity index (χ2v) is 5.57. The number of benzene rings is 2. The van der Waals surface area contributed by atoms with Crippen molar-refractivity contribution in [2.75, 3.05) is 0 Å². The summed E-state index contributed by atoms with van der Waals surface area (Å²) in [4.78, 5) is 0. The Morgan fingerprint density at radius 3 is 1.86 bits per heavy atom. The summed E-state index contributed by atoms with van der Waals surface area (Å²) in [6.45, 7) is 0. The zero-order chi connectivity index (χ0) is 15.8. The van der Waals surface area contributed by atoms with E-state index in [1.165, 1.54) is 0 Å². The Labute approximate surface area is 141 Å². The summed E-state index contributed by atoms with van der Waals surface area (Å²) >= 11 is 9.15. The molecule has 112 valence electrons. The Bertz CT molecular complexity index is 621. The number of rotatable bonds is 4. The summed E-state index contributed by atoms with van der Waals surface area (Å²) < 4.78 is 1.00. The van der Waals surface area contributed by atoms with Crippen molar-refractivity contribution in [1.29, 1.82) is 5.41 Å². The first-order chi connectivity index (χ1) is 10.6. The SMILES string of the molecule is N=C(NN=Cc1ccc(Cl)cc1)NN=Cc1ccc(Br)cc1. The first kappa shape index (κ1) is 16.2. The van der Waals surface area contributed by atoms with Crippen LogP contribution in [0.1, 0.15) is 11.1 Å². The number of hydrazone groups is 2. The summed E-state index contributed by atoms with van der Waals surface area (Å²) in [5.41, 5.74) is 6.87. The highest BCUT2D eigenvalue weighted by Gasteiger charge is 1.92. The van der Waals surface area contributed by atoms with Gasteiger partial charge >= 0.3 is 0 Å². The molecule has 5 nitrogen and oxygen atoms in total. The lowest BCUT2D eigenvalue weighted by Crippen LogP contribution is -2.29. The van der Waals surface area contributed by atoms with Crippen LogP contribution in [0.2, 0.25) is 5.02 Å². The van der Waals surface area contributed by atoms with Crippen molar-refractivity contribution in [3.8, 4) is 0 Å². The molecule has 0 amide bonds. The van der Waals surface area contributed by atoms with Crippen molar-refractivity contribution in [3.63, 3.8) is 0 Å². The van der Waals surface area contributed by atoms with E-state index in [-0.39, 0.29) is 5.96 Å². The smallest absolute Gasteiger partial charge is 0.230 e. The van der Waals surface area contributed by atoms with Gasteiger partial charge in [0.15, 0.2) is 0 Å². The second kappa shape index (κ2) is 8.31. The first-order valence-electron chi connectivity index (χ1n) is 6.31. The van der Waals surface area contributed by atoms with Gasteiger partial charge in [-0.25, -0.2) is 10.9 Å². The average Bonchev–Trinajstić information content (AvgIpc) is 2.51. The van der Waals surface area contributed by atoms with Gasteiger partial charge in [0.2, 0.25) is 5.96 Å². The molecule has 0 fully saturated rings. The highest BCUT2D eigenvalue weighted by Crippen LogP contribution is 2.09. The predicted molar refractivity (Wildman–Crippen MR) is 94.8 cm³/mol. The molecule has 0 spiro atoms. The van der Waals surface area contributed by atoms with Crippen molar-refractivity contribution in [2.45, 2.75) is 0 Å². The van der Waals surface area contributed by atoms with Gasteiger partial charge in [0, 0.05) is 9.50 Å². The standard InChI is InChI=1S/C15H13BrClN5/c16-13-5-1-11(2-6-13)9-19-21-15(18)22-20-10-12-3-7-14(17)8-4-12/h1-10H,(H3,18,21,22). The molecule has 0 saturated heterocycles. The van der Waals surface area contributed by atoms with Crippen molar-refractivity contribution >= 4 is 45.9 Å². The van der Waals surface area contributed by atoms with Gasteiger partial charge in [0.05, 0.1) is 12.4 Å². The summed E-state index contributed by atoms with van der Waals surface area (Å²) in [7, 11) is 0. The fraction of sp³-hybridized carbons (Fsp3) is 0. The second-order valence-electron chi connectivity index (χ2n) is 4.22. The number of nitrogens with zero attached hydrogens (tertiary/aromatic N) is 2. The number of nitrogens with one attached hydrogen (secondary N) is 3. The van der Waals surface area contributed by atoms with E-state index in [1.54, 1.807) is 24.6 Å². The van der Waals surface area contributed by atoms with Gasteiger partial charge < -0.3 is 0 Å². The molecule has 0 radical (unpaired) electrons. The Morgan fingerprint density at radius 2 is 1.36 bits per heavy atom. The lowest BCUT2D eigenvalue weighted by atomic mass is 10.2. The molecular weight excluding hydrogens is 366 g/mol. The molecule has 7 heteroatoms. The van der Waals surface area contributed by atoms with E-state index in [0.29, 0.717) is 5.02 Å². The zero-order valence-electron chi connectivity index (χ0n) is 11.4. The molecule has 0 aliphatic carbocycles. The molecule has 0 aromatic heterocycles. The molecule has 0 atom stereocenters. The van der Waals surface area contributed by atoms with Gasteiger partial charge in [-0.2, -0.15) is 10.2 Å². The van der Waals surface area contributed by atoms with Crippen LogP contribution in [0, 0.1) is 5.41 Å². The van der Waals surface area contributed by atoms with Gasteiger partial charge in [0.25, 0.3) is 0 Å². The quantitative estimate of drug-likeness (QED) is 0.432. The van der Waals surface area contributed by atoms with E-state index in [0.717, 1.165) is 15.6 Å². The third-order valence-corrected chi connectivity index (χ3v) is 3.30. The Morgan fingerprint density at radius 1 is 0.909 bits per heavy atom. The van der Waals surface area contributed by atoms with E-state index in [2.05, 4.69) is 37.0 Å². The minimum atomic E-state index is -0.0291. The van der Waals surface area contributed by atoms with Crippen LogP contribution < -0.4 is 10.9 Å². The van der Waals surface area contributed by atoms with Crippen molar-refractivity contribution in [2.24, 2.45) is 10.2 Å². The van der Waals surface area contributed by atoms with E-state index in [1.807, 2.05) is 36.4 Å². The maximum absolute atomic E-state index is 7.61. The van der Waals surface area contributed by atoms with Crippen molar-refractivity contribution < 1.29 is 0 Å². The minimum Gasteiger partial charge on any atom is -0.266 e. The number of guanidine groups is 1. The summed E-state index contributed by atoms with van der Waals surface area (Å²) in [6.07, 6.45) is 3.20. The number of hydrogen-bond acceptors (Lipinski definition) is 3. The van der Waals surface area contributed by atoms with Crippen LogP contribution in [0.25, 0.3) is 0 Å². The third kappa shape index (κ3) is 5.67. The Hall–Kier alpha value is -2.18. The summed E-state index contributed by atoms with van der Waals surface area (Å²) in [5.74, 6) is -0.0291. The van der Waals surface area contributed by atoms with Gasteiger partial charge in [-0.3, -0.25) is 5.41 Å². The molecule has 0 aliphatic rings. The van der Waals surface area contributed by atoms with Gasteiger partial charge in [-0.1, -0.05) is 51.8 Å². The van der Waals surface area contributed by atoms with Crippen molar-refractivity contribution in [1.82, 2.24) is 10.9 Å². The van der Waals surface area contributed by atoms with E-state index in [9.17, 15) is 0 Å². The fourth-order valence-electron chi connectivity index (χ4n) is 1.47. The molecule has 0 unspecified atom stereocenters. The Kier molecular flexibility index (Phi) is 6.12. The molecule has 0 heterocycles. The first-order valence-corrected chi connectivity index (χ1v) is 7.48. The highest BCUT2D eigenvalue weighted by molar-refractivity contribution is 9.10. The molecule has 2 rings (SSSR count). The van der Waals surface area contributed by atoms with E-state index in [4.69, 9.17) is 17.0 Å². The molecule has 0 bridgehead atoms. The molecule has 3 N–H and O–H groups in total. The van der Waals surface area contributed by atoms with Crippen LogP contribution >= 0.6 is 27.5 Å². The molecule has 22 heavy (non-hydrogen) atoms. The van der Waals surface area contributed by atoms with Crippen LogP contribution in [0.4, 0.5) is 0 Å². The maximum Gasteiger partial charge on any atom is 0.230 e. The number of hydrogen-bond donors (Lipinski definition) is 3. The molecule has 0 aliphatic heterocycles. The lowest BCUT2D eigenvalue weighted by molar-refractivity contribution is 0.893. The molecule has 0 saturated carbocycles. The lowest BCUT2D eigenvalue weighted by Gasteiger charge is -2.01. The van der Waals surface area contributed by atoms with Crippen LogP contribution in [0.15, 0.2) is 63.2 Å². The van der Waals surface area contributed by atoms with E-state index < -0.39 is 0 Å². The largest absolute Gasteiger partial charge is 0.266 e. The monoisotopic (exact) mass is 377 g/mol. The topological polar surface area (TPSA) is 72.6 Å². The minimum absolute atomic E-state index is 0.0291. The Balaban J connectivity index is 1.78. The average molecular weight is 379 g/mol. The molecule has 2 aromatic carbocycles. The molecule has 2 aromatic rings. The fourth-order valence-corrected chi connectivity index (χ4v) is 1.86. The predicted octanol–water partition coefficient (Wildman–Crippen LogP) is 3.58. The normalized spacial score (nSPS) is 11.0. The number of halogens is 2. The van der Waals surface area contributed by atoms with Crippen LogP contribution in [0.5, 0.6) is 0 Å². The van der Waals surface area contributed by atoms with E-state index >= 15 is 0 Å². The summed E-state index contributed by atoms with van der Waals surface area (Å²) in [6, 6.07) is 14.9. The third-order valence-electron chi connectivity index (χ3n) is 2.52. The van der Waals surface area contributed by atoms with Gasteiger partial charge in [-0.15, -0.1) is 0 Å². The van der Waals surface area contributed by atoms with Crippen LogP contribution in [-0.4, -0.2) is 18.4 Å². The van der Waals surface area contributed by atoms with Gasteiger partial charge in [0.1, 0.15) is 0 Å². The summed E-state index contributed by atoms with van der Waals surface area (Å²) in [5, 5.41) is 16.1. The van der Waals surface area contributed by atoms with Gasteiger partial charge in [-0.05, 0) is 35.4 Å². The maximum atomic E-state index is 7.61. The highest BCUT2D eigenvalue weighted by atomic mass is 79.9. The van der Waals surface area contributed by atoms with Crippen LogP contribution in [0.3, 0.4) is 0 Å².